The molecule has 1 heterocycles. The normalized spacial score (nSPS) is 11.4. The quantitative estimate of drug-likeness (QED) is 0.148. The molecule has 12 aromatic rings. The van der Waals surface area contributed by atoms with Gasteiger partial charge in [-0.05, 0) is 133 Å². The Labute approximate surface area is 373 Å². The second kappa shape index (κ2) is 15.8. The third kappa shape index (κ3) is 6.70. The van der Waals surface area contributed by atoms with Crippen LogP contribution in [0.15, 0.2) is 255 Å². The van der Waals surface area contributed by atoms with Gasteiger partial charge in [-0.15, -0.1) is 0 Å². The van der Waals surface area contributed by atoms with E-state index >= 15 is 0 Å². The molecular formula is C62H42N2. The number of benzene rings is 11. The molecule has 0 spiro atoms. The molecule has 0 N–H and O–H groups in total. The van der Waals surface area contributed by atoms with Gasteiger partial charge in [-0.2, -0.15) is 0 Å². The number of hydrogen-bond acceptors (Lipinski definition) is 1. The topological polar surface area (TPSA) is 8.17 Å². The Morgan fingerprint density at radius 2 is 0.672 bits per heavy atom. The number of anilines is 3. The molecule has 0 saturated carbocycles. The average molecular weight is 815 g/mol. The zero-order chi connectivity index (χ0) is 42.4. The van der Waals surface area contributed by atoms with Crippen molar-refractivity contribution >= 4 is 60.4 Å². The number of rotatable bonds is 8. The number of aromatic nitrogens is 1. The van der Waals surface area contributed by atoms with Crippen LogP contribution < -0.4 is 4.90 Å². The Morgan fingerprint density at radius 1 is 0.250 bits per heavy atom. The van der Waals surface area contributed by atoms with Crippen molar-refractivity contribution in [3.05, 3.63) is 255 Å². The van der Waals surface area contributed by atoms with E-state index in [-0.39, 0.29) is 0 Å². The van der Waals surface area contributed by atoms with E-state index in [2.05, 4.69) is 264 Å². The number of para-hydroxylation sites is 2. The van der Waals surface area contributed by atoms with E-state index in [0.717, 1.165) is 22.7 Å². The van der Waals surface area contributed by atoms with Crippen LogP contribution in [-0.2, 0) is 0 Å². The Kier molecular flexibility index (Phi) is 9.20. The summed E-state index contributed by atoms with van der Waals surface area (Å²) in [6.07, 6.45) is 0. The molecule has 12 rings (SSSR count). The third-order valence-electron chi connectivity index (χ3n) is 12.8. The number of fused-ring (bicyclic) bond motifs is 5. The average Bonchev–Trinajstić information content (AvgIpc) is 3.71. The molecule has 300 valence electrons. The van der Waals surface area contributed by atoms with Crippen molar-refractivity contribution in [2.75, 3.05) is 4.90 Å². The van der Waals surface area contributed by atoms with Gasteiger partial charge in [-0.1, -0.05) is 188 Å². The molecule has 0 radical (unpaired) electrons. The maximum Gasteiger partial charge on any atom is 0.0541 e. The molecule has 0 unspecified atom stereocenters. The Bertz CT molecular complexity index is 3580. The SMILES string of the molecule is c1cc(-c2ccc(N(c3ccc(-c4ccc(-c5cccc6ccccc56)cc4)cc3)c3ccc(-c4ccc5ccccc5c4)cc3)cc2)cc(-n2c3ccccc3c3ccccc32)c1. The highest BCUT2D eigenvalue weighted by Crippen LogP contribution is 2.39. The summed E-state index contributed by atoms with van der Waals surface area (Å²) in [7, 11) is 0. The summed E-state index contributed by atoms with van der Waals surface area (Å²) in [5.74, 6) is 0. The van der Waals surface area contributed by atoms with Gasteiger partial charge in [-0.3, -0.25) is 0 Å². The fourth-order valence-corrected chi connectivity index (χ4v) is 9.57. The lowest BCUT2D eigenvalue weighted by Gasteiger charge is -2.26. The second-order valence-corrected chi connectivity index (χ2v) is 16.6. The van der Waals surface area contributed by atoms with Gasteiger partial charge >= 0.3 is 0 Å². The zero-order valence-electron chi connectivity index (χ0n) is 35.1. The minimum absolute atomic E-state index is 1.09. The van der Waals surface area contributed by atoms with E-state index in [0.29, 0.717) is 0 Å². The summed E-state index contributed by atoms with van der Waals surface area (Å²) in [6, 6.07) is 92.6. The second-order valence-electron chi connectivity index (χ2n) is 16.6. The van der Waals surface area contributed by atoms with E-state index in [4.69, 9.17) is 0 Å². The van der Waals surface area contributed by atoms with Gasteiger partial charge in [0.1, 0.15) is 0 Å². The van der Waals surface area contributed by atoms with Crippen LogP contribution in [0.3, 0.4) is 0 Å². The highest BCUT2D eigenvalue weighted by atomic mass is 15.1. The highest BCUT2D eigenvalue weighted by Gasteiger charge is 2.16. The molecular weight excluding hydrogens is 773 g/mol. The third-order valence-corrected chi connectivity index (χ3v) is 12.8. The van der Waals surface area contributed by atoms with Gasteiger partial charge < -0.3 is 9.47 Å². The van der Waals surface area contributed by atoms with Crippen LogP contribution in [-0.4, -0.2) is 4.57 Å². The van der Waals surface area contributed by atoms with Crippen molar-refractivity contribution in [2.24, 2.45) is 0 Å². The van der Waals surface area contributed by atoms with Crippen molar-refractivity contribution in [3.63, 3.8) is 0 Å². The maximum atomic E-state index is 2.38. The fourth-order valence-electron chi connectivity index (χ4n) is 9.57. The summed E-state index contributed by atoms with van der Waals surface area (Å²) >= 11 is 0. The standard InChI is InChI=1S/C62H42N2/c1-2-13-50-41-52(28-25-43(50)11-1)47-33-39-55(40-34-47)63(53-35-29-45(30-36-53)44-23-26-49(27-24-44)58-20-10-14-48-12-3-4-17-57(48)58)54-37-31-46(32-38-54)51-15-9-16-56(42-51)64-61-21-7-5-18-59(61)60-19-6-8-22-62(60)64/h1-42H. The lowest BCUT2D eigenvalue weighted by Crippen LogP contribution is -2.09. The number of nitrogens with zero attached hydrogens (tertiary/aromatic N) is 2. The minimum atomic E-state index is 1.09. The molecule has 0 bridgehead atoms. The molecule has 0 fully saturated rings. The molecule has 2 heteroatoms. The lowest BCUT2D eigenvalue weighted by atomic mass is 9.96. The first kappa shape index (κ1) is 37.3. The lowest BCUT2D eigenvalue weighted by molar-refractivity contribution is 1.18. The molecule has 0 saturated heterocycles. The van der Waals surface area contributed by atoms with Crippen molar-refractivity contribution in [1.82, 2.24) is 4.57 Å². The summed E-state index contributed by atoms with van der Waals surface area (Å²) < 4.78 is 2.38. The molecule has 1 aromatic heterocycles. The van der Waals surface area contributed by atoms with Gasteiger partial charge in [0.25, 0.3) is 0 Å². The zero-order valence-corrected chi connectivity index (χ0v) is 35.1. The van der Waals surface area contributed by atoms with Crippen LogP contribution in [0.1, 0.15) is 0 Å². The van der Waals surface area contributed by atoms with Gasteiger partial charge in [0.15, 0.2) is 0 Å². The molecule has 64 heavy (non-hydrogen) atoms. The highest BCUT2D eigenvalue weighted by molar-refractivity contribution is 6.09. The summed E-state index contributed by atoms with van der Waals surface area (Å²) in [6.45, 7) is 0. The minimum Gasteiger partial charge on any atom is -0.311 e. The number of hydrogen-bond donors (Lipinski definition) is 0. The van der Waals surface area contributed by atoms with Crippen molar-refractivity contribution in [3.8, 4) is 50.2 Å². The molecule has 11 aromatic carbocycles. The molecule has 0 aliphatic rings. The van der Waals surface area contributed by atoms with E-state index in [1.165, 1.54) is 87.9 Å². The monoisotopic (exact) mass is 814 g/mol. The first-order chi connectivity index (χ1) is 31.7. The van der Waals surface area contributed by atoms with Crippen LogP contribution in [0.5, 0.6) is 0 Å². The van der Waals surface area contributed by atoms with Gasteiger partial charge in [0.2, 0.25) is 0 Å². The predicted molar refractivity (Wildman–Crippen MR) is 272 cm³/mol. The van der Waals surface area contributed by atoms with Crippen molar-refractivity contribution in [2.45, 2.75) is 0 Å². The molecule has 0 amide bonds. The first-order valence-corrected chi connectivity index (χ1v) is 22.0. The van der Waals surface area contributed by atoms with E-state index in [1.54, 1.807) is 0 Å². The van der Waals surface area contributed by atoms with Crippen LogP contribution >= 0.6 is 0 Å². The first-order valence-electron chi connectivity index (χ1n) is 22.0. The van der Waals surface area contributed by atoms with Crippen molar-refractivity contribution < 1.29 is 0 Å². The van der Waals surface area contributed by atoms with Gasteiger partial charge in [0.05, 0.1) is 11.0 Å². The summed E-state index contributed by atoms with van der Waals surface area (Å²) in [5, 5.41) is 7.55. The fraction of sp³-hybridized carbons (Fsp3) is 0. The van der Waals surface area contributed by atoms with Gasteiger partial charge in [0, 0.05) is 33.5 Å². The van der Waals surface area contributed by atoms with Crippen LogP contribution in [0.4, 0.5) is 17.1 Å². The smallest absolute Gasteiger partial charge is 0.0541 e. The Morgan fingerprint density at radius 3 is 1.28 bits per heavy atom. The predicted octanol–water partition coefficient (Wildman–Crippen LogP) is 17.2. The summed E-state index contributed by atoms with van der Waals surface area (Å²) in [4.78, 5) is 2.36. The molecule has 0 atom stereocenters. The Hall–Kier alpha value is -8.46. The van der Waals surface area contributed by atoms with Gasteiger partial charge in [-0.25, -0.2) is 0 Å². The maximum absolute atomic E-state index is 2.38. The molecule has 0 aliphatic carbocycles. The van der Waals surface area contributed by atoms with Crippen LogP contribution in [0.2, 0.25) is 0 Å². The largest absolute Gasteiger partial charge is 0.311 e. The van der Waals surface area contributed by atoms with Crippen LogP contribution in [0, 0.1) is 0 Å². The molecule has 0 aliphatic heterocycles. The summed E-state index contributed by atoms with van der Waals surface area (Å²) in [5.41, 5.74) is 16.4. The van der Waals surface area contributed by atoms with Crippen molar-refractivity contribution in [1.29, 1.82) is 0 Å². The van der Waals surface area contributed by atoms with E-state index < -0.39 is 0 Å². The van der Waals surface area contributed by atoms with E-state index in [9.17, 15) is 0 Å². The van der Waals surface area contributed by atoms with E-state index in [1.807, 2.05) is 0 Å². The Balaban J connectivity index is 0.889. The molecule has 2 nitrogen and oxygen atoms in total. The van der Waals surface area contributed by atoms with Crippen LogP contribution in [0.25, 0.3) is 93.5 Å².